The van der Waals surface area contributed by atoms with Gasteiger partial charge in [0.05, 0.1) is 12.8 Å². The molecular formula is C17H14N2O. The second-order valence-corrected chi connectivity index (χ2v) is 4.89. The van der Waals surface area contributed by atoms with Gasteiger partial charge < -0.3 is 9.73 Å². The molecule has 1 aliphatic heterocycles. The van der Waals surface area contributed by atoms with Crippen molar-refractivity contribution in [3.8, 4) is 11.1 Å². The van der Waals surface area contributed by atoms with E-state index >= 15 is 0 Å². The summed E-state index contributed by atoms with van der Waals surface area (Å²) < 4.78 is 5.70. The zero-order valence-corrected chi connectivity index (χ0v) is 11.0. The number of nitrogens with zero attached hydrogens (tertiary/aromatic N) is 1. The molecule has 0 amide bonds. The highest BCUT2D eigenvalue weighted by molar-refractivity contribution is 6.08. The lowest BCUT2D eigenvalue weighted by Gasteiger charge is -2.02. The Morgan fingerprint density at radius 3 is 2.70 bits per heavy atom. The number of rotatable bonds is 2. The molecule has 1 aromatic heterocycles. The third kappa shape index (κ3) is 1.79. The van der Waals surface area contributed by atoms with Gasteiger partial charge in [-0.05, 0) is 23.3 Å². The molecule has 0 spiro atoms. The third-order valence-corrected chi connectivity index (χ3v) is 3.60. The van der Waals surface area contributed by atoms with Gasteiger partial charge in [0, 0.05) is 17.3 Å². The average Bonchev–Trinajstić information content (AvgIpc) is 3.16. The highest BCUT2D eigenvalue weighted by Crippen LogP contribution is 2.28. The van der Waals surface area contributed by atoms with E-state index in [0.717, 1.165) is 35.5 Å². The first-order valence-electron chi connectivity index (χ1n) is 6.77. The van der Waals surface area contributed by atoms with E-state index in [1.807, 2.05) is 6.07 Å². The van der Waals surface area contributed by atoms with Crippen LogP contribution in [0.1, 0.15) is 5.76 Å². The van der Waals surface area contributed by atoms with Gasteiger partial charge in [0.25, 0.3) is 0 Å². The summed E-state index contributed by atoms with van der Waals surface area (Å²) in [7, 11) is 0. The SMILES string of the molecule is c1ccc(-c2ccc3c(C4=NCCN4)occ3c2)cc1. The fourth-order valence-corrected chi connectivity index (χ4v) is 2.60. The van der Waals surface area contributed by atoms with Crippen LogP contribution >= 0.6 is 0 Å². The molecule has 98 valence electrons. The number of amidine groups is 1. The normalized spacial score (nSPS) is 14.3. The van der Waals surface area contributed by atoms with Crippen molar-refractivity contribution in [2.45, 2.75) is 0 Å². The van der Waals surface area contributed by atoms with Crippen LogP contribution in [0, 0.1) is 0 Å². The van der Waals surface area contributed by atoms with Crippen LogP contribution in [0.3, 0.4) is 0 Å². The molecule has 4 rings (SSSR count). The Bertz CT molecular complexity index is 787. The lowest BCUT2D eigenvalue weighted by molar-refractivity contribution is 0.560. The summed E-state index contributed by atoms with van der Waals surface area (Å²) in [4.78, 5) is 4.42. The largest absolute Gasteiger partial charge is 0.460 e. The summed E-state index contributed by atoms with van der Waals surface area (Å²) in [5, 5.41) is 5.47. The van der Waals surface area contributed by atoms with Gasteiger partial charge in [-0.2, -0.15) is 0 Å². The van der Waals surface area contributed by atoms with Crippen LogP contribution in [0.4, 0.5) is 0 Å². The standard InChI is InChI=1S/C17H14N2O/c1-2-4-12(5-3-1)13-6-7-15-14(10-13)11-20-16(15)17-18-8-9-19-17/h1-7,10-11H,8-9H2,(H,18,19). The van der Waals surface area contributed by atoms with Gasteiger partial charge >= 0.3 is 0 Å². The van der Waals surface area contributed by atoms with Crippen LogP contribution in [0.5, 0.6) is 0 Å². The molecule has 1 N–H and O–H groups in total. The Kier molecular flexibility index (Phi) is 2.56. The topological polar surface area (TPSA) is 37.5 Å². The van der Waals surface area contributed by atoms with E-state index in [9.17, 15) is 0 Å². The highest BCUT2D eigenvalue weighted by Gasteiger charge is 2.15. The molecule has 0 saturated heterocycles. The molecule has 0 atom stereocenters. The van der Waals surface area contributed by atoms with Crippen LogP contribution in [-0.2, 0) is 0 Å². The molecule has 2 heterocycles. The first kappa shape index (κ1) is 11.3. The Morgan fingerprint density at radius 1 is 1.00 bits per heavy atom. The van der Waals surface area contributed by atoms with Crippen molar-refractivity contribution < 1.29 is 4.42 Å². The van der Waals surface area contributed by atoms with E-state index in [1.165, 1.54) is 11.1 Å². The minimum absolute atomic E-state index is 0.819. The molecule has 0 bridgehead atoms. The smallest absolute Gasteiger partial charge is 0.176 e. The molecule has 0 radical (unpaired) electrons. The lowest BCUT2D eigenvalue weighted by Crippen LogP contribution is -2.18. The van der Waals surface area contributed by atoms with Gasteiger partial charge in [0.15, 0.2) is 11.6 Å². The van der Waals surface area contributed by atoms with Crippen LogP contribution in [0.25, 0.3) is 21.9 Å². The number of furan rings is 1. The summed E-state index contributed by atoms with van der Waals surface area (Å²) >= 11 is 0. The number of benzene rings is 2. The fourth-order valence-electron chi connectivity index (χ4n) is 2.60. The second kappa shape index (κ2) is 4.53. The molecule has 0 fully saturated rings. The maximum atomic E-state index is 5.70. The molecule has 3 aromatic rings. The average molecular weight is 262 g/mol. The zero-order chi connectivity index (χ0) is 13.4. The van der Waals surface area contributed by atoms with Crippen molar-refractivity contribution in [3.63, 3.8) is 0 Å². The number of fused-ring (bicyclic) bond motifs is 1. The lowest BCUT2D eigenvalue weighted by atomic mass is 10.0. The minimum atomic E-state index is 0.819. The first-order valence-corrected chi connectivity index (χ1v) is 6.77. The quantitative estimate of drug-likeness (QED) is 0.768. The van der Waals surface area contributed by atoms with E-state index in [4.69, 9.17) is 4.42 Å². The Balaban J connectivity index is 1.82. The minimum Gasteiger partial charge on any atom is -0.460 e. The van der Waals surface area contributed by atoms with E-state index in [0.29, 0.717) is 0 Å². The summed E-state index contributed by atoms with van der Waals surface area (Å²) in [5.74, 6) is 1.71. The molecule has 0 saturated carbocycles. The molecule has 3 nitrogen and oxygen atoms in total. The van der Waals surface area contributed by atoms with Crippen LogP contribution in [0.2, 0.25) is 0 Å². The Labute approximate surface area is 116 Å². The predicted octanol–water partition coefficient (Wildman–Crippen LogP) is 3.45. The van der Waals surface area contributed by atoms with Gasteiger partial charge in [-0.1, -0.05) is 36.4 Å². The Hall–Kier alpha value is -2.55. The molecule has 20 heavy (non-hydrogen) atoms. The number of hydrogen-bond donors (Lipinski definition) is 1. The molecule has 1 aliphatic rings. The van der Waals surface area contributed by atoms with E-state index < -0.39 is 0 Å². The van der Waals surface area contributed by atoms with Crippen molar-refractivity contribution in [1.82, 2.24) is 5.32 Å². The van der Waals surface area contributed by atoms with E-state index in [2.05, 4.69) is 52.8 Å². The van der Waals surface area contributed by atoms with Crippen LogP contribution in [0.15, 0.2) is 64.2 Å². The number of hydrogen-bond acceptors (Lipinski definition) is 3. The Morgan fingerprint density at radius 2 is 1.90 bits per heavy atom. The monoisotopic (exact) mass is 262 g/mol. The van der Waals surface area contributed by atoms with Gasteiger partial charge in [0.1, 0.15) is 0 Å². The summed E-state index contributed by atoms with van der Waals surface area (Å²) in [6.07, 6.45) is 1.81. The molecule has 0 unspecified atom stereocenters. The van der Waals surface area contributed by atoms with Crippen molar-refractivity contribution in [2.75, 3.05) is 13.1 Å². The van der Waals surface area contributed by atoms with Crippen molar-refractivity contribution in [1.29, 1.82) is 0 Å². The maximum absolute atomic E-state index is 5.70. The molecule has 2 aromatic carbocycles. The van der Waals surface area contributed by atoms with Gasteiger partial charge in [-0.25, -0.2) is 0 Å². The number of nitrogens with one attached hydrogen (secondary N) is 1. The van der Waals surface area contributed by atoms with E-state index in [1.54, 1.807) is 6.26 Å². The van der Waals surface area contributed by atoms with Gasteiger partial charge in [-0.3, -0.25) is 4.99 Å². The summed E-state index contributed by atoms with van der Waals surface area (Å²) in [6.45, 7) is 1.71. The first-order chi connectivity index (χ1) is 9.92. The van der Waals surface area contributed by atoms with Gasteiger partial charge in [0.2, 0.25) is 0 Å². The van der Waals surface area contributed by atoms with Crippen LogP contribution in [-0.4, -0.2) is 18.9 Å². The zero-order valence-electron chi connectivity index (χ0n) is 11.0. The third-order valence-electron chi connectivity index (χ3n) is 3.60. The predicted molar refractivity (Wildman–Crippen MR) is 81.1 cm³/mol. The van der Waals surface area contributed by atoms with Crippen molar-refractivity contribution in [2.24, 2.45) is 4.99 Å². The highest BCUT2D eigenvalue weighted by atomic mass is 16.3. The molecular weight excluding hydrogens is 248 g/mol. The van der Waals surface area contributed by atoms with E-state index in [-0.39, 0.29) is 0 Å². The van der Waals surface area contributed by atoms with Crippen LogP contribution < -0.4 is 5.32 Å². The summed E-state index contributed by atoms with van der Waals surface area (Å²) in [6, 6.07) is 16.8. The fraction of sp³-hybridized carbons (Fsp3) is 0.118. The molecule has 0 aliphatic carbocycles. The number of aliphatic imine (C=N–C) groups is 1. The summed E-state index contributed by atoms with van der Waals surface area (Å²) in [5.41, 5.74) is 2.42. The van der Waals surface area contributed by atoms with Gasteiger partial charge in [-0.15, -0.1) is 0 Å². The van der Waals surface area contributed by atoms with Crippen molar-refractivity contribution in [3.05, 3.63) is 60.6 Å². The molecule has 3 heteroatoms. The second-order valence-electron chi connectivity index (χ2n) is 4.89. The van der Waals surface area contributed by atoms with Crippen molar-refractivity contribution >= 4 is 16.6 Å². The maximum Gasteiger partial charge on any atom is 0.176 e.